The predicted molar refractivity (Wildman–Crippen MR) is 136 cm³/mol. The molecule has 0 radical (unpaired) electrons. The lowest BCUT2D eigenvalue weighted by Gasteiger charge is -2.17. The molecule has 0 spiro atoms. The van der Waals surface area contributed by atoms with E-state index in [2.05, 4.69) is 31.9 Å². The Bertz CT molecular complexity index is 1270. The normalized spacial score (nSPS) is 12.0. The molecule has 170 valence electrons. The van der Waals surface area contributed by atoms with Gasteiger partial charge in [0.05, 0.1) is 23.7 Å². The number of carbonyl (C=O) groups is 1. The standard InChI is InChI=1S/C26H25BrClN3O2/c1-17-16-21(12-13-22(17)28)33-15-5-14-31-24-7-4-3-6-23(24)30-25(31)18(2)29-26(32)19-8-10-20(27)11-9-19/h3-4,6-13,16,18H,5,14-15H2,1-2H3,(H,29,32). The van der Waals surface area contributed by atoms with Crippen molar-refractivity contribution in [1.29, 1.82) is 0 Å². The highest BCUT2D eigenvalue weighted by Gasteiger charge is 2.19. The molecule has 3 aromatic carbocycles. The van der Waals surface area contributed by atoms with Crippen LogP contribution in [0.25, 0.3) is 11.0 Å². The largest absolute Gasteiger partial charge is 0.494 e. The number of benzene rings is 3. The summed E-state index contributed by atoms with van der Waals surface area (Å²) in [5.41, 5.74) is 3.55. The van der Waals surface area contributed by atoms with Crippen LogP contribution in [0.2, 0.25) is 5.02 Å². The molecule has 4 aromatic rings. The first-order valence-electron chi connectivity index (χ1n) is 10.8. The van der Waals surface area contributed by atoms with Gasteiger partial charge in [-0.2, -0.15) is 0 Å². The predicted octanol–water partition coefficient (Wildman–Crippen LogP) is 6.72. The number of ether oxygens (including phenoxy) is 1. The minimum atomic E-state index is -0.256. The lowest BCUT2D eigenvalue weighted by atomic mass is 10.2. The second kappa shape index (κ2) is 10.4. The van der Waals surface area contributed by atoms with Crippen LogP contribution in [-0.4, -0.2) is 22.1 Å². The Balaban J connectivity index is 1.47. The maximum Gasteiger partial charge on any atom is 0.251 e. The Morgan fingerprint density at radius 3 is 2.67 bits per heavy atom. The van der Waals surface area contributed by atoms with E-state index in [1.54, 1.807) is 12.1 Å². The number of fused-ring (bicyclic) bond motifs is 1. The number of para-hydroxylation sites is 2. The van der Waals surface area contributed by atoms with Crippen LogP contribution in [0.3, 0.4) is 0 Å². The molecule has 0 aliphatic rings. The van der Waals surface area contributed by atoms with E-state index in [0.29, 0.717) is 12.2 Å². The Morgan fingerprint density at radius 2 is 1.91 bits per heavy atom. The van der Waals surface area contributed by atoms with Crippen molar-refractivity contribution in [1.82, 2.24) is 14.9 Å². The molecule has 5 nitrogen and oxygen atoms in total. The van der Waals surface area contributed by atoms with Crippen LogP contribution < -0.4 is 10.1 Å². The number of carbonyl (C=O) groups excluding carboxylic acids is 1. The highest BCUT2D eigenvalue weighted by atomic mass is 79.9. The molecule has 0 aliphatic carbocycles. The first-order chi connectivity index (χ1) is 15.9. The molecule has 7 heteroatoms. The van der Waals surface area contributed by atoms with Gasteiger partial charge in [0.15, 0.2) is 0 Å². The number of rotatable bonds is 8. The van der Waals surface area contributed by atoms with Crippen molar-refractivity contribution in [3.63, 3.8) is 0 Å². The van der Waals surface area contributed by atoms with E-state index in [-0.39, 0.29) is 11.9 Å². The molecule has 0 aliphatic heterocycles. The Hall–Kier alpha value is -2.83. The van der Waals surface area contributed by atoms with Gasteiger partial charge in [0.2, 0.25) is 0 Å². The third-order valence-electron chi connectivity index (χ3n) is 5.45. The summed E-state index contributed by atoms with van der Waals surface area (Å²) in [6.07, 6.45) is 0.794. The van der Waals surface area contributed by atoms with E-state index in [1.165, 1.54) is 0 Å². The highest BCUT2D eigenvalue weighted by Crippen LogP contribution is 2.23. The summed E-state index contributed by atoms with van der Waals surface area (Å²) < 4.78 is 9.02. The fourth-order valence-corrected chi connectivity index (χ4v) is 4.11. The van der Waals surface area contributed by atoms with Gasteiger partial charge < -0.3 is 14.6 Å². The number of hydrogen-bond donors (Lipinski definition) is 1. The fraction of sp³-hybridized carbons (Fsp3) is 0.231. The van der Waals surface area contributed by atoms with Gasteiger partial charge >= 0.3 is 0 Å². The average molecular weight is 527 g/mol. The van der Waals surface area contributed by atoms with Gasteiger partial charge in [0.1, 0.15) is 11.6 Å². The van der Waals surface area contributed by atoms with Crippen LogP contribution in [0.1, 0.15) is 41.1 Å². The molecule has 0 saturated heterocycles. The maximum absolute atomic E-state index is 12.7. The molecule has 0 fully saturated rings. The molecule has 1 heterocycles. The summed E-state index contributed by atoms with van der Waals surface area (Å²) in [7, 11) is 0. The monoisotopic (exact) mass is 525 g/mol. The number of nitrogens with one attached hydrogen (secondary N) is 1. The van der Waals surface area contributed by atoms with Crippen LogP contribution in [0.15, 0.2) is 71.2 Å². The summed E-state index contributed by atoms with van der Waals surface area (Å²) in [6.45, 7) is 5.21. The van der Waals surface area contributed by atoms with Gasteiger partial charge in [-0.05, 0) is 80.4 Å². The van der Waals surface area contributed by atoms with E-state index in [0.717, 1.165) is 50.6 Å². The zero-order valence-electron chi connectivity index (χ0n) is 18.5. The third kappa shape index (κ3) is 5.57. The minimum absolute atomic E-state index is 0.130. The topological polar surface area (TPSA) is 56.1 Å². The zero-order chi connectivity index (χ0) is 23.4. The summed E-state index contributed by atoms with van der Waals surface area (Å²) in [4.78, 5) is 17.6. The molecule has 0 saturated carbocycles. The summed E-state index contributed by atoms with van der Waals surface area (Å²) in [5.74, 6) is 1.50. The molecule has 1 unspecified atom stereocenters. The second-order valence-electron chi connectivity index (χ2n) is 7.93. The molecule has 1 amide bonds. The van der Waals surface area contributed by atoms with Crippen LogP contribution in [0, 0.1) is 6.92 Å². The lowest BCUT2D eigenvalue weighted by molar-refractivity contribution is 0.0937. The Labute approximate surface area is 206 Å². The van der Waals surface area contributed by atoms with Crippen LogP contribution in [-0.2, 0) is 6.54 Å². The SMILES string of the molecule is Cc1cc(OCCCn2c(C(C)NC(=O)c3ccc(Br)cc3)nc3ccccc32)ccc1Cl. The summed E-state index contributed by atoms with van der Waals surface area (Å²) >= 11 is 9.50. The van der Waals surface area contributed by atoms with Gasteiger partial charge in [0, 0.05) is 21.6 Å². The first-order valence-corrected chi connectivity index (χ1v) is 12.0. The molecule has 4 rings (SSSR count). The average Bonchev–Trinajstić information content (AvgIpc) is 3.18. The van der Waals surface area contributed by atoms with Crippen molar-refractivity contribution in [2.24, 2.45) is 0 Å². The van der Waals surface area contributed by atoms with Gasteiger partial charge in [-0.25, -0.2) is 4.98 Å². The Morgan fingerprint density at radius 1 is 1.15 bits per heavy atom. The lowest BCUT2D eigenvalue weighted by Crippen LogP contribution is -2.28. The van der Waals surface area contributed by atoms with Gasteiger partial charge in [-0.1, -0.05) is 39.7 Å². The van der Waals surface area contributed by atoms with E-state index >= 15 is 0 Å². The number of amides is 1. The third-order valence-corrected chi connectivity index (χ3v) is 6.40. The van der Waals surface area contributed by atoms with E-state index in [4.69, 9.17) is 21.3 Å². The molecule has 33 heavy (non-hydrogen) atoms. The van der Waals surface area contributed by atoms with Gasteiger partial charge in [-0.3, -0.25) is 4.79 Å². The quantitative estimate of drug-likeness (QED) is 0.259. The minimum Gasteiger partial charge on any atom is -0.494 e. The van der Waals surface area contributed by atoms with Gasteiger partial charge in [0.25, 0.3) is 5.91 Å². The number of aryl methyl sites for hydroxylation is 2. The number of halogens is 2. The van der Waals surface area contributed by atoms with Crippen molar-refractivity contribution < 1.29 is 9.53 Å². The first kappa shape index (κ1) is 23.3. The smallest absolute Gasteiger partial charge is 0.251 e. The van der Waals surface area contributed by atoms with E-state index < -0.39 is 0 Å². The van der Waals surface area contributed by atoms with Crippen molar-refractivity contribution in [3.05, 3.63) is 93.2 Å². The van der Waals surface area contributed by atoms with E-state index in [1.807, 2.05) is 62.4 Å². The second-order valence-corrected chi connectivity index (χ2v) is 9.25. The van der Waals surface area contributed by atoms with Crippen LogP contribution >= 0.6 is 27.5 Å². The van der Waals surface area contributed by atoms with Gasteiger partial charge in [-0.15, -0.1) is 0 Å². The fourth-order valence-electron chi connectivity index (χ4n) is 3.73. The molecule has 0 bridgehead atoms. The number of aromatic nitrogens is 2. The molecule has 1 aromatic heterocycles. The van der Waals surface area contributed by atoms with Crippen LogP contribution in [0.4, 0.5) is 0 Å². The van der Waals surface area contributed by atoms with Crippen molar-refractivity contribution in [3.8, 4) is 5.75 Å². The molecule has 1 atom stereocenters. The van der Waals surface area contributed by atoms with E-state index in [9.17, 15) is 4.79 Å². The molecule has 1 N–H and O–H groups in total. The molecular weight excluding hydrogens is 502 g/mol. The van der Waals surface area contributed by atoms with Crippen LogP contribution in [0.5, 0.6) is 5.75 Å². The zero-order valence-corrected chi connectivity index (χ0v) is 20.9. The number of hydrogen-bond acceptors (Lipinski definition) is 3. The van der Waals surface area contributed by atoms with Crippen molar-refractivity contribution in [2.45, 2.75) is 32.9 Å². The summed E-state index contributed by atoms with van der Waals surface area (Å²) in [6, 6.07) is 20.8. The number of imidazole rings is 1. The highest BCUT2D eigenvalue weighted by molar-refractivity contribution is 9.10. The van der Waals surface area contributed by atoms with Crippen molar-refractivity contribution in [2.75, 3.05) is 6.61 Å². The molecular formula is C26H25BrClN3O2. The van der Waals surface area contributed by atoms with Crippen molar-refractivity contribution >= 4 is 44.5 Å². The number of nitrogens with zero attached hydrogens (tertiary/aromatic N) is 2. The summed E-state index contributed by atoms with van der Waals surface area (Å²) in [5, 5.41) is 3.81. The maximum atomic E-state index is 12.7. The Kier molecular flexibility index (Phi) is 7.36.